The SMILES string of the molecule is COC[C@H]1O[C@@H](n2ccc(N)nc2=O)C(OC)C1OC. The molecule has 0 aromatic carbocycles. The number of rotatable bonds is 5. The van der Waals surface area contributed by atoms with Crippen LogP contribution < -0.4 is 11.4 Å². The van der Waals surface area contributed by atoms with E-state index in [2.05, 4.69) is 4.98 Å². The van der Waals surface area contributed by atoms with Gasteiger partial charge in [0.2, 0.25) is 0 Å². The first-order valence-electron chi connectivity index (χ1n) is 6.17. The van der Waals surface area contributed by atoms with Crippen LogP contribution in [0.25, 0.3) is 0 Å². The smallest absolute Gasteiger partial charge is 0.351 e. The molecule has 20 heavy (non-hydrogen) atoms. The lowest BCUT2D eigenvalue weighted by atomic mass is 10.1. The molecule has 4 atom stereocenters. The van der Waals surface area contributed by atoms with E-state index in [-0.39, 0.29) is 18.0 Å². The molecule has 0 spiro atoms. The van der Waals surface area contributed by atoms with Crippen LogP contribution in [0.4, 0.5) is 5.82 Å². The third-order valence-electron chi connectivity index (χ3n) is 3.29. The van der Waals surface area contributed by atoms with Crippen molar-refractivity contribution in [1.82, 2.24) is 9.55 Å². The molecule has 0 radical (unpaired) electrons. The first-order valence-corrected chi connectivity index (χ1v) is 6.17. The standard InChI is InChI=1S/C12H19N3O5/c1-17-6-7-9(18-2)10(19-3)11(20-7)15-5-4-8(13)14-12(15)16/h4-5,7,9-11H,6H2,1-3H3,(H2,13,14,16)/t7-,9?,10?,11-/m1/s1. The van der Waals surface area contributed by atoms with Gasteiger partial charge in [0, 0.05) is 27.5 Å². The van der Waals surface area contributed by atoms with E-state index >= 15 is 0 Å². The molecule has 1 aliphatic heterocycles. The maximum absolute atomic E-state index is 11.9. The fourth-order valence-electron chi connectivity index (χ4n) is 2.39. The minimum Gasteiger partial charge on any atom is -0.383 e. The van der Waals surface area contributed by atoms with Gasteiger partial charge in [0.05, 0.1) is 6.61 Å². The number of aromatic nitrogens is 2. The molecular weight excluding hydrogens is 266 g/mol. The number of ether oxygens (including phenoxy) is 4. The number of hydrogen-bond donors (Lipinski definition) is 1. The predicted octanol–water partition coefficient (Wildman–Crippen LogP) is -0.601. The summed E-state index contributed by atoms with van der Waals surface area (Å²) in [5.41, 5.74) is 4.99. The summed E-state index contributed by atoms with van der Waals surface area (Å²) in [6.07, 6.45) is -0.212. The zero-order valence-corrected chi connectivity index (χ0v) is 11.7. The number of hydrogen-bond acceptors (Lipinski definition) is 7. The highest BCUT2D eigenvalue weighted by atomic mass is 16.6. The Hall–Kier alpha value is -1.48. The van der Waals surface area contributed by atoms with Crippen LogP contribution in [0.2, 0.25) is 0 Å². The zero-order chi connectivity index (χ0) is 14.7. The number of anilines is 1. The van der Waals surface area contributed by atoms with E-state index < -0.39 is 18.0 Å². The summed E-state index contributed by atoms with van der Waals surface area (Å²) in [4.78, 5) is 15.6. The van der Waals surface area contributed by atoms with Crippen LogP contribution >= 0.6 is 0 Å². The van der Waals surface area contributed by atoms with Crippen molar-refractivity contribution in [3.63, 3.8) is 0 Å². The normalized spacial score (nSPS) is 29.8. The maximum atomic E-state index is 11.9. The second kappa shape index (κ2) is 6.31. The fraction of sp³-hybridized carbons (Fsp3) is 0.667. The van der Waals surface area contributed by atoms with E-state index in [9.17, 15) is 4.79 Å². The number of nitrogens with zero attached hydrogens (tertiary/aromatic N) is 2. The van der Waals surface area contributed by atoms with Gasteiger partial charge >= 0.3 is 5.69 Å². The van der Waals surface area contributed by atoms with Gasteiger partial charge in [0.1, 0.15) is 24.1 Å². The second-order valence-corrected chi connectivity index (χ2v) is 4.46. The molecule has 1 aliphatic rings. The molecule has 2 unspecified atom stereocenters. The summed E-state index contributed by atoms with van der Waals surface area (Å²) in [6, 6.07) is 1.53. The topological polar surface area (TPSA) is 97.8 Å². The van der Waals surface area contributed by atoms with Crippen LogP contribution in [0.5, 0.6) is 0 Å². The maximum Gasteiger partial charge on any atom is 0.351 e. The monoisotopic (exact) mass is 285 g/mol. The third-order valence-corrected chi connectivity index (χ3v) is 3.29. The van der Waals surface area contributed by atoms with Crippen molar-refractivity contribution < 1.29 is 18.9 Å². The molecule has 2 heterocycles. The summed E-state index contributed by atoms with van der Waals surface area (Å²) in [6.45, 7) is 0.339. The Morgan fingerprint density at radius 1 is 1.35 bits per heavy atom. The van der Waals surface area contributed by atoms with Gasteiger partial charge in [0.25, 0.3) is 0 Å². The van der Waals surface area contributed by atoms with Gasteiger partial charge in [-0.3, -0.25) is 4.57 Å². The van der Waals surface area contributed by atoms with Crippen molar-refractivity contribution in [2.75, 3.05) is 33.7 Å². The van der Waals surface area contributed by atoms with Crippen LogP contribution in [0.15, 0.2) is 17.1 Å². The van der Waals surface area contributed by atoms with E-state index in [1.165, 1.54) is 23.9 Å². The highest BCUT2D eigenvalue weighted by Crippen LogP contribution is 2.32. The molecule has 2 rings (SSSR count). The molecule has 0 aliphatic carbocycles. The summed E-state index contributed by atoms with van der Waals surface area (Å²) in [7, 11) is 4.68. The van der Waals surface area contributed by atoms with Crippen molar-refractivity contribution >= 4 is 5.82 Å². The minimum absolute atomic E-state index is 0.162. The van der Waals surface area contributed by atoms with Crippen molar-refractivity contribution in [2.45, 2.75) is 24.5 Å². The second-order valence-electron chi connectivity index (χ2n) is 4.46. The van der Waals surface area contributed by atoms with E-state index in [1.807, 2.05) is 0 Å². The number of methoxy groups -OCH3 is 3. The van der Waals surface area contributed by atoms with Crippen LogP contribution in [0.3, 0.4) is 0 Å². The van der Waals surface area contributed by atoms with Gasteiger partial charge in [-0.25, -0.2) is 4.79 Å². The van der Waals surface area contributed by atoms with Gasteiger partial charge < -0.3 is 24.7 Å². The highest BCUT2D eigenvalue weighted by Gasteiger charge is 2.46. The average molecular weight is 285 g/mol. The molecule has 8 nitrogen and oxygen atoms in total. The highest BCUT2D eigenvalue weighted by molar-refractivity contribution is 5.23. The quantitative estimate of drug-likeness (QED) is 0.771. The number of nitrogens with two attached hydrogens (primary N) is 1. The third kappa shape index (κ3) is 2.68. The average Bonchev–Trinajstić information content (AvgIpc) is 2.76. The van der Waals surface area contributed by atoms with Crippen LogP contribution in [0, 0.1) is 0 Å². The molecule has 1 aromatic heterocycles. The Labute approximate surface area is 116 Å². The fourth-order valence-corrected chi connectivity index (χ4v) is 2.39. The van der Waals surface area contributed by atoms with Gasteiger partial charge in [-0.15, -0.1) is 0 Å². The zero-order valence-electron chi connectivity index (χ0n) is 11.7. The number of nitrogen functional groups attached to an aromatic ring is 1. The van der Waals surface area contributed by atoms with Crippen LogP contribution in [0.1, 0.15) is 6.23 Å². The lowest BCUT2D eigenvalue weighted by molar-refractivity contribution is -0.0672. The van der Waals surface area contributed by atoms with Gasteiger partial charge in [-0.05, 0) is 6.07 Å². The first kappa shape index (κ1) is 14.9. The summed E-state index contributed by atoms with van der Waals surface area (Å²) < 4.78 is 23.1. The van der Waals surface area contributed by atoms with Crippen LogP contribution in [-0.2, 0) is 18.9 Å². The molecule has 1 fully saturated rings. The molecule has 2 N–H and O–H groups in total. The Bertz CT molecular complexity index is 506. The largest absolute Gasteiger partial charge is 0.383 e. The van der Waals surface area contributed by atoms with Gasteiger partial charge in [0.15, 0.2) is 6.23 Å². The van der Waals surface area contributed by atoms with Crippen molar-refractivity contribution in [2.24, 2.45) is 0 Å². The van der Waals surface area contributed by atoms with Crippen LogP contribution in [-0.4, -0.2) is 55.8 Å². The molecule has 0 amide bonds. The first-order chi connectivity index (χ1) is 9.62. The minimum atomic E-state index is -0.634. The van der Waals surface area contributed by atoms with Gasteiger partial charge in [-0.2, -0.15) is 4.98 Å². The van der Waals surface area contributed by atoms with E-state index in [4.69, 9.17) is 24.7 Å². The van der Waals surface area contributed by atoms with Crippen molar-refractivity contribution in [3.05, 3.63) is 22.7 Å². The summed E-state index contributed by atoms with van der Waals surface area (Å²) in [5, 5.41) is 0. The molecule has 112 valence electrons. The molecule has 1 saturated heterocycles. The lowest BCUT2D eigenvalue weighted by Crippen LogP contribution is -2.38. The Morgan fingerprint density at radius 2 is 2.05 bits per heavy atom. The molecular formula is C12H19N3O5. The Morgan fingerprint density at radius 3 is 2.60 bits per heavy atom. The van der Waals surface area contributed by atoms with E-state index in [1.54, 1.807) is 14.2 Å². The van der Waals surface area contributed by atoms with E-state index in [0.29, 0.717) is 6.61 Å². The summed E-state index contributed by atoms with van der Waals surface area (Å²) >= 11 is 0. The van der Waals surface area contributed by atoms with Crippen molar-refractivity contribution in [3.8, 4) is 0 Å². The molecule has 0 bridgehead atoms. The molecule has 1 aromatic rings. The van der Waals surface area contributed by atoms with Crippen molar-refractivity contribution in [1.29, 1.82) is 0 Å². The Kier molecular flexibility index (Phi) is 4.71. The predicted molar refractivity (Wildman–Crippen MR) is 70.3 cm³/mol. The lowest BCUT2D eigenvalue weighted by Gasteiger charge is -2.22. The van der Waals surface area contributed by atoms with E-state index in [0.717, 1.165) is 0 Å². The Balaban J connectivity index is 2.32. The molecule has 0 saturated carbocycles. The molecule has 8 heteroatoms. The summed E-state index contributed by atoms with van der Waals surface area (Å²) in [5.74, 6) is 0.162. The van der Waals surface area contributed by atoms with Gasteiger partial charge in [-0.1, -0.05) is 0 Å².